The lowest BCUT2D eigenvalue weighted by Crippen LogP contribution is -2.24. The third-order valence-corrected chi connectivity index (χ3v) is 3.16. The van der Waals surface area contributed by atoms with Gasteiger partial charge in [0.05, 0.1) is 11.1 Å². The molecule has 0 atom stereocenters. The fourth-order valence-electron chi connectivity index (χ4n) is 1.61. The van der Waals surface area contributed by atoms with Gasteiger partial charge in [0.2, 0.25) is 0 Å². The summed E-state index contributed by atoms with van der Waals surface area (Å²) in [6, 6.07) is 12.9. The number of nitrogens with one attached hydrogen (secondary N) is 1. The first-order valence-electron chi connectivity index (χ1n) is 6.49. The first kappa shape index (κ1) is 16.6. The minimum Gasteiger partial charge on any atom is -0.484 e. The summed E-state index contributed by atoms with van der Waals surface area (Å²) in [4.78, 5) is 21.6. The van der Waals surface area contributed by atoms with E-state index >= 15 is 0 Å². The van der Waals surface area contributed by atoms with Gasteiger partial charge in [0.1, 0.15) is 5.75 Å². The first-order chi connectivity index (χ1) is 11.0. The van der Waals surface area contributed by atoms with Crippen molar-refractivity contribution in [2.75, 3.05) is 6.61 Å². The van der Waals surface area contributed by atoms with Crippen LogP contribution in [0.1, 0.15) is 5.56 Å². The van der Waals surface area contributed by atoms with E-state index in [9.17, 15) is 14.9 Å². The van der Waals surface area contributed by atoms with E-state index in [2.05, 4.69) is 26.5 Å². The summed E-state index contributed by atoms with van der Waals surface area (Å²) in [5.74, 6) is -0.0729. The highest BCUT2D eigenvalue weighted by molar-refractivity contribution is 9.10. The molecule has 0 spiro atoms. The molecular weight excluding hydrogens is 366 g/mol. The van der Waals surface area contributed by atoms with Crippen LogP contribution in [0, 0.1) is 10.1 Å². The molecule has 0 aromatic heterocycles. The molecule has 8 heteroatoms. The maximum absolute atomic E-state index is 11.6. The lowest BCUT2D eigenvalue weighted by molar-refractivity contribution is -0.384. The summed E-state index contributed by atoms with van der Waals surface area (Å²) in [5.41, 5.74) is 3.12. The van der Waals surface area contributed by atoms with Gasteiger partial charge >= 0.3 is 0 Å². The summed E-state index contributed by atoms with van der Waals surface area (Å²) < 4.78 is 6.12. The van der Waals surface area contributed by atoms with E-state index in [-0.39, 0.29) is 12.3 Å². The van der Waals surface area contributed by atoms with Crippen LogP contribution in [0.3, 0.4) is 0 Å². The van der Waals surface area contributed by atoms with Gasteiger partial charge in [0, 0.05) is 16.6 Å². The van der Waals surface area contributed by atoms with Crippen molar-refractivity contribution in [3.8, 4) is 5.75 Å². The molecule has 0 fully saturated rings. The van der Waals surface area contributed by atoms with E-state index < -0.39 is 10.8 Å². The Labute approximate surface area is 140 Å². The van der Waals surface area contributed by atoms with E-state index in [0.29, 0.717) is 5.75 Å². The highest BCUT2D eigenvalue weighted by Gasteiger charge is 2.06. The van der Waals surface area contributed by atoms with Crippen molar-refractivity contribution in [2.24, 2.45) is 5.10 Å². The largest absolute Gasteiger partial charge is 0.484 e. The topological polar surface area (TPSA) is 93.8 Å². The molecule has 0 radical (unpaired) electrons. The first-order valence-corrected chi connectivity index (χ1v) is 7.28. The zero-order valence-electron chi connectivity index (χ0n) is 11.8. The Bertz CT molecular complexity index is 732. The summed E-state index contributed by atoms with van der Waals surface area (Å²) in [7, 11) is 0. The number of non-ortho nitro benzene ring substituents is 1. The van der Waals surface area contributed by atoms with Crippen LogP contribution in [0.15, 0.2) is 58.1 Å². The second-order valence-electron chi connectivity index (χ2n) is 4.39. The van der Waals surface area contributed by atoms with Crippen molar-refractivity contribution >= 4 is 33.7 Å². The van der Waals surface area contributed by atoms with E-state index in [4.69, 9.17) is 4.74 Å². The normalized spacial score (nSPS) is 10.5. The van der Waals surface area contributed by atoms with Crippen molar-refractivity contribution in [3.63, 3.8) is 0 Å². The van der Waals surface area contributed by atoms with Crippen LogP contribution in [0.5, 0.6) is 5.75 Å². The average molecular weight is 378 g/mol. The number of nitro groups is 1. The van der Waals surface area contributed by atoms with Crippen molar-refractivity contribution in [2.45, 2.75) is 0 Å². The lowest BCUT2D eigenvalue weighted by Gasteiger charge is -2.04. The van der Waals surface area contributed by atoms with Gasteiger partial charge in [-0.2, -0.15) is 5.10 Å². The minimum atomic E-state index is -0.507. The summed E-state index contributed by atoms with van der Waals surface area (Å²) in [6.45, 7) is -0.242. The number of ether oxygens (including phenoxy) is 1. The number of nitro benzene ring substituents is 1. The van der Waals surface area contributed by atoms with Crippen LogP contribution in [0.4, 0.5) is 5.69 Å². The number of carbonyl (C=O) groups is 1. The standard InChI is InChI=1S/C15H12BrN3O4/c16-12-3-1-2-11(8-12)9-17-18-15(20)10-23-14-6-4-13(5-7-14)19(21)22/h1-9H,10H2,(H,18,20)/b17-9-. The van der Waals surface area contributed by atoms with Gasteiger partial charge in [-0.15, -0.1) is 0 Å². The molecule has 1 amide bonds. The molecular formula is C15H12BrN3O4. The number of carbonyl (C=O) groups excluding carboxylic acids is 1. The van der Waals surface area contributed by atoms with Crippen molar-refractivity contribution < 1.29 is 14.5 Å². The van der Waals surface area contributed by atoms with Gasteiger partial charge < -0.3 is 4.74 Å². The van der Waals surface area contributed by atoms with Crippen LogP contribution in [0.25, 0.3) is 0 Å². The van der Waals surface area contributed by atoms with E-state index in [0.717, 1.165) is 10.0 Å². The van der Waals surface area contributed by atoms with Gasteiger partial charge in [0.25, 0.3) is 11.6 Å². The van der Waals surface area contributed by atoms with Crippen molar-refractivity contribution in [1.29, 1.82) is 0 Å². The maximum Gasteiger partial charge on any atom is 0.277 e. The highest BCUT2D eigenvalue weighted by atomic mass is 79.9. The van der Waals surface area contributed by atoms with E-state index in [1.807, 2.05) is 24.3 Å². The van der Waals surface area contributed by atoms with Gasteiger partial charge in [-0.25, -0.2) is 5.43 Å². The Balaban J connectivity index is 1.79. The number of hydrogen-bond donors (Lipinski definition) is 1. The number of rotatable bonds is 6. The molecule has 0 saturated heterocycles. The van der Waals surface area contributed by atoms with Crippen LogP contribution in [-0.4, -0.2) is 23.7 Å². The number of hydrogen-bond acceptors (Lipinski definition) is 5. The fourth-order valence-corrected chi connectivity index (χ4v) is 2.03. The summed E-state index contributed by atoms with van der Waals surface area (Å²) >= 11 is 3.34. The smallest absolute Gasteiger partial charge is 0.277 e. The quantitative estimate of drug-likeness (QED) is 0.475. The fraction of sp³-hybridized carbons (Fsp3) is 0.0667. The Morgan fingerprint density at radius 3 is 2.70 bits per heavy atom. The highest BCUT2D eigenvalue weighted by Crippen LogP contribution is 2.17. The molecule has 0 aliphatic carbocycles. The second kappa shape index (κ2) is 8.04. The molecule has 2 aromatic rings. The third-order valence-electron chi connectivity index (χ3n) is 2.67. The minimum absolute atomic E-state index is 0.0413. The zero-order valence-corrected chi connectivity index (χ0v) is 13.4. The van der Waals surface area contributed by atoms with Crippen LogP contribution < -0.4 is 10.2 Å². The van der Waals surface area contributed by atoms with Crippen molar-refractivity contribution in [1.82, 2.24) is 5.43 Å². The Hall–Kier alpha value is -2.74. The number of benzene rings is 2. The molecule has 1 N–H and O–H groups in total. The monoisotopic (exact) mass is 377 g/mol. The Morgan fingerprint density at radius 1 is 1.30 bits per heavy atom. The molecule has 0 heterocycles. The van der Waals surface area contributed by atoms with Crippen LogP contribution in [-0.2, 0) is 4.79 Å². The molecule has 0 aliphatic rings. The predicted molar refractivity (Wildman–Crippen MR) is 88.5 cm³/mol. The molecule has 0 unspecified atom stereocenters. The van der Waals surface area contributed by atoms with Crippen molar-refractivity contribution in [3.05, 3.63) is 68.7 Å². The Kier molecular flexibility index (Phi) is 5.81. The predicted octanol–water partition coefficient (Wildman–Crippen LogP) is 2.89. The lowest BCUT2D eigenvalue weighted by atomic mass is 10.2. The molecule has 0 bridgehead atoms. The molecule has 0 aliphatic heterocycles. The second-order valence-corrected chi connectivity index (χ2v) is 5.30. The zero-order chi connectivity index (χ0) is 16.7. The van der Waals surface area contributed by atoms with E-state index in [1.165, 1.54) is 30.5 Å². The summed E-state index contributed by atoms with van der Waals surface area (Å²) in [5, 5.41) is 14.3. The molecule has 2 aromatic carbocycles. The van der Waals surface area contributed by atoms with Gasteiger partial charge in [0.15, 0.2) is 6.61 Å². The molecule has 2 rings (SSSR count). The SMILES string of the molecule is O=C(COc1ccc([N+](=O)[O-])cc1)N/N=C\c1cccc(Br)c1. The van der Waals surface area contributed by atoms with Gasteiger partial charge in [-0.3, -0.25) is 14.9 Å². The number of nitrogens with zero attached hydrogens (tertiary/aromatic N) is 2. The van der Waals surface area contributed by atoms with Gasteiger partial charge in [-0.1, -0.05) is 28.1 Å². The molecule has 0 saturated carbocycles. The molecule has 118 valence electrons. The van der Waals surface area contributed by atoms with Crippen LogP contribution in [0.2, 0.25) is 0 Å². The maximum atomic E-state index is 11.6. The average Bonchev–Trinajstić information content (AvgIpc) is 2.53. The van der Waals surface area contributed by atoms with Crippen LogP contribution >= 0.6 is 15.9 Å². The Morgan fingerprint density at radius 2 is 2.04 bits per heavy atom. The van der Waals surface area contributed by atoms with Gasteiger partial charge in [-0.05, 0) is 29.8 Å². The molecule has 7 nitrogen and oxygen atoms in total. The molecule has 23 heavy (non-hydrogen) atoms. The third kappa shape index (κ3) is 5.51. The summed E-state index contributed by atoms with van der Waals surface area (Å²) in [6.07, 6.45) is 1.51. The number of halogens is 1. The number of hydrazone groups is 1. The van der Waals surface area contributed by atoms with E-state index in [1.54, 1.807) is 0 Å². The number of amides is 1.